The molecular weight excluding hydrogens is 883 g/mol. The first-order valence-corrected chi connectivity index (χ1v) is 24.6. The second kappa shape index (κ2) is 31.4. The molecule has 380 valence electrons. The van der Waals surface area contributed by atoms with Gasteiger partial charge >= 0.3 is 5.97 Å². The third kappa shape index (κ3) is 21.2. The summed E-state index contributed by atoms with van der Waals surface area (Å²) >= 11 is 0. The molecule has 1 saturated heterocycles. The maximum atomic E-state index is 14.1. The Morgan fingerprint density at radius 3 is 1.86 bits per heavy atom. The number of nitrogens with zero attached hydrogens (tertiary/aromatic N) is 4. The number of amides is 5. The molecule has 2 aromatic carbocycles. The van der Waals surface area contributed by atoms with Crippen molar-refractivity contribution < 1.29 is 33.9 Å². The van der Waals surface area contributed by atoms with Crippen LogP contribution in [0.15, 0.2) is 66.9 Å². The van der Waals surface area contributed by atoms with Gasteiger partial charge in [-0.25, -0.2) is 9.48 Å². The van der Waals surface area contributed by atoms with Gasteiger partial charge in [0.25, 0.3) is 0 Å². The predicted molar refractivity (Wildman–Crippen MR) is 263 cm³/mol. The number of carboxylic acids is 1. The minimum absolute atomic E-state index is 0.0258. The molecule has 3 aromatic rings. The second-order valence-electron chi connectivity index (χ2n) is 18.0. The van der Waals surface area contributed by atoms with Crippen LogP contribution in [-0.2, 0) is 54.7 Å². The van der Waals surface area contributed by atoms with Gasteiger partial charge in [0.2, 0.25) is 29.5 Å². The monoisotopic (exact) mass is 960 g/mol. The van der Waals surface area contributed by atoms with E-state index < -0.39 is 71.6 Å². The molecule has 20 heteroatoms. The Hall–Kier alpha value is -5.80. The van der Waals surface area contributed by atoms with Crippen molar-refractivity contribution in [1.82, 2.24) is 62.4 Å². The highest BCUT2D eigenvalue weighted by Gasteiger charge is 2.34. The summed E-state index contributed by atoms with van der Waals surface area (Å²) in [5, 5.41) is 42.8. The van der Waals surface area contributed by atoms with E-state index in [1.54, 1.807) is 68.6 Å². The van der Waals surface area contributed by atoms with Gasteiger partial charge in [-0.15, -0.1) is 5.10 Å². The van der Waals surface area contributed by atoms with Crippen molar-refractivity contribution in [3.8, 4) is 0 Å². The molecule has 1 aliphatic rings. The molecule has 0 bridgehead atoms. The highest BCUT2D eigenvalue weighted by Crippen LogP contribution is 2.11. The molecule has 1 aliphatic heterocycles. The lowest BCUT2D eigenvalue weighted by molar-refractivity contribution is -0.142. The molecule has 20 nitrogen and oxygen atoms in total. The fourth-order valence-corrected chi connectivity index (χ4v) is 7.95. The fraction of sp³-hybridized carbons (Fsp3) is 0.592. The van der Waals surface area contributed by atoms with Crippen LogP contribution in [0.25, 0.3) is 0 Å². The Labute approximate surface area is 406 Å². The third-order valence-electron chi connectivity index (χ3n) is 11.8. The van der Waals surface area contributed by atoms with Gasteiger partial charge in [-0.1, -0.05) is 93.1 Å². The van der Waals surface area contributed by atoms with Crippen LogP contribution in [0.5, 0.6) is 0 Å². The Morgan fingerprint density at radius 2 is 1.23 bits per heavy atom. The van der Waals surface area contributed by atoms with Gasteiger partial charge in [-0.2, -0.15) is 0 Å². The van der Waals surface area contributed by atoms with Crippen molar-refractivity contribution in [3.05, 3.63) is 83.7 Å². The molecule has 0 aliphatic carbocycles. The number of carbonyl (C=O) groups excluding carboxylic acids is 5. The summed E-state index contributed by atoms with van der Waals surface area (Å²) in [6.45, 7) is 13.4. The molecule has 2 heterocycles. The lowest BCUT2D eigenvalue weighted by Crippen LogP contribution is -2.60. The van der Waals surface area contributed by atoms with Gasteiger partial charge in [0.1, 0.15) is 36.8 Å². The Bertz CT molecular complexity index is 1990. The molecule has 4 rings (SSSR count). The zero-order valence-corrected chi connectivity index (χ0v) is 40.7. The standard InChI is InChI=1S/C49H77N13O7/c1-4-15-39(46(65)58-44(35(2)3)48(67)56-41(30-36-16-7-5-8-17-36)47(66)57-42(49(68)69)31-37-18-9-6-10-19-37)55-45(64)40(20-11-12-21-50)54-43(63)34-62-33-38(59-60-62)32-61-28-14-24-52-26-25-51-22-13-23-53-27-29-61/h5-10,16-19,33,35,39-42,44,51-53H,4,11-15,20-32,34,50H2,1-3H3,(H,54,63)(H,55,64)(H,56,67)(H,57,66)(H,58,65)(H,68,69). The van der Waals surface area contributed by atoms with Gasteiger partial charge < -0.3 is 53.4 Å². The van der Waals surface area contributed by atoms with E-state index in [0.717, 1.165) is 76.5 Å². The van der Waals surface area contributed by atoms with Crippen LogP contribution >= 0.6 is 0 Å². The maximum Gasteiger partial charge on any atom is 0.326 e. The van der Waals surface area contributed by atoms with Crippen LogP contribution in [0.4, 0.5) is 0 Å². The molecular formula is C49H77N13O7. The van der Waals surface area contributed by atoms with E-state index in [4.69, 9.17) is 5.73 Å². The molecule has 1 aromatic heterocycles. The minimum Gasteiger partial charge on any atom is -0.480 e. The SMILES string of the molecule is CCCC(NC(=O)C(CCCCN)NC(=O)Cn1cc(CN2CCCNCCNCCCNCC2)nn1)C(=O)NC(C(=O)NC(Cc1ccccc1)C(=O)NC(Cc1ccccc1)C(=O)O)C(C)C. The zero-order chi connectivity index (χ0) is 49.8. The van der Waals surface area contributed by atoms with Crippen molar-refractivity contribution >= 4 is 35.5 Å². The van der Waals surface area contributed by atoms with Crippen LogP contribution in [0, 0.1) is 5.92 Å². The number of hydrogen-bond donors (Lipinski definition) is 10. The second-order valence-corrected chi connectivity index (χ2v) is 18.0. The number of rotatable bonds is 25. The van der Waals surface area contributed by atoms with E-state index in [1.807, 2.05) is 19.1 Å². The van der Waals surface area contributed by atoms with Gasteiger partial charge in [-0.05, 0) is 88.3 Å². The molecule has 11 N–H and O–H groups in total. The average Bonchev–Trinajstić information content (AvgIpc) is 3.77. The number of aromatic nitrogens is 3. The largest absolute Gasteiger partial charge is 0.480 e. The maximum absolute atomic E-state index is 14.1. The Balaban J connectivity index is 1.40. The van der Waals surface area contributed by atoms with Crippen LogP contribution < -0.4 is 48.3 Å². The van der Waals surface area contributed by atoms with Crippen LogP contribution in [0.1, 0.15) is 82.5 Å². The van der Waals surface area contributed by atoms with E-state index in [0.29, 0.717) is 37.9 Å². The quantitative estimate of drug-likeness (QED) is 0.0510. The number of carbonyl (C=O) groups is 6. The van der Waals surface area contributed by atoms with Crippen LogP contribution in [0.2, 0.25) is 0 Å². The first-order chi connectivity index (χ1) is 33.4. The topological polar surface area (TPSA) is 279 Å². The molecule has 5 atom stereocenters. The van der Waals surface area contributed by atoms with E-state index in [1.165, 1.54) is 4.68 Å². The highest BCUT2D eigenvalue weighted by molar-refractivity contribution is 5.96. The summed E-state index contributed by atoms with van der Waals surface area (Å²) in [7, 11) is 0. The summed E-state index contributed by atoms with van der Waals surface area (Å²) in [5.41, 5.74) is 7.92. The number of aliphatic carboxylic acids is 1. The molecule has 0 radical (unpaired) electrons. The summed E-state index contributed by atoms with van der Waals surface area (Å²) in [6.07, 6.45) is 5.99. The zero-order valence-electron chi connectivity index (χ0n) is 40.7. The van der Waals surface area contributed by atoms with Crippen molar-refractivity contribution in [2.24, 2.45) is 11.7 Å². The molecule has 1 fully saturated rings. The number of unbranched alkanes of at least 4 members (excludes halogenated alkanes) is 1. The molecule has 0 spiro atoms. The summed E-state index contributed by atoms with van der Waals surface area (Å²) < 4.78 is 1.45. The van der Waals surface area contributed by atoms with Crippen molar-refractivity contribution in [2.75, 3.05) is 58.9 Å². The van der Waals surface area contributed by atoms with E-state index >= 15 is 0 Å². The minimum atomic E-state index is -1.27. The Morgan fingerprint density at radius 1 is 0.667 bits per heavy atom. The molecule has 5 amide bonds. The van der Waals surface area contributed by atoms with Crippen molar-refractivity contribution in [1.29, 1.82) is 0 Å². The number of nitrogens with one attached hydrogen (secondary N) is 8. The first-order valence-electron chi connectivity index (χ1n) is 24.6. The van der Waals surface area contributed by atoms with E-state index in [2.05, 4.69) is 57.7 Å². The third-order valence-corrected chi connectivity index (χ3v) is 11.8. The molecule has 0 saturated carbocycles. The van der Waals surface area contributed by atoms with Crippen molar-refractivity contribution in [2.45, 2.75) is 122 Å². The normalized spacial score (nSPS) is 16.4. The summed E-state index contributed by atoms with van der Waals surface area (Å²) in [6, 6.07) is 12.2. The lowest BCUT2D eigenvalue weighted by atomic mass is 9.99. The summed E-state index contributed by atoms with van der Waals surface area (Å²) in [5.74, 6) is -4.70. The van der Waals surface area contributed by atoms with E-state index in [-0.39, 0.29) is 32.2 Å². The number of carboxylic acid groups (broad SMARTS) is 1. The fourth-order valence-electron chi connectivity index (χ4n) is 7.95. The average molecular weight is 960 g/mol. The van der Waals surface area contributed by atoms with Crippen molar-refractivity contribution in [3.63, 3.8) is 0 Å². The molecule has 69 heavy (non-hydrogen) atoms. The number of hydrogen-bond acceptors (Lipinski definition) is 13. The lowest BCUT2D eigenvalue weighted by Gasteiger charge is -2.28. The van der Waals surface area contributed by atoms with Gasteiger partial charge in [-0.3, -0.25) is 28.9 Å². The predicted octanol–water partition coefficient (Wildman–Crippen LogP) is 0.222. The van der Waals surface area contributed by atoms with E-state index in [9.17, 15) is 33.9 Å². The van der Waals surface area contributed by atoms with Crippen LogP contribution in [-0.4, -0.2) is 150 Å². The number of nitrogens with two attached hydrogens (primary N) is 1. The highest BCUT2D eigenvalue weighted by atomic mass is 16.4. The summed E-state index contributed by atoms with van der Waals surface area (Å²) in [4.78, 5) is 84.0. The first kappa shape index (κ1) is 55.8. The van der Waals surface area contributed by atoms with Gasteiger partial charge in [0, 0.05) is 45.6 Å². The van der Waals surface area contributed by atoms with Gasteiger partial charge in [0.05, 0.1) is 11.9 Å². The Kier molecular flexibility index (Phi) is 25.4. The number of benzene rings is 2. The smallest absolute Gasteiger partial charge is 0.326 e. The van der Waals surface area contributed by atoms with Crippen LogP contribution in [0.3, 0.4) is 0 Å². The van der Waals surface area contributed by atoms with Gasteiger partial charge in [0.15, 0.2) is 0 Å². The molecule has 5 unspecified atom stereocenters.